The van der Waals surface area contributed by atoms with Crippen LogP contribution in [0.3, 0.4) is 0 Å². The number of rotatable bonds is 0. The van der Waals surface area contributed by atoms with Crippen LogP contribution in [-0.2, 0) is 0 Å². The summed E-state index contributed by atoms with van der Waals surface area (Å²) >= 11 is 0. The van der Waals surface area contributed by atoms with Crippen LogP contribution in [0, 0.1) is 6.42 Å². The molecule has 0 amide bonds. The van der Waals surface area contributed by atoms with Crippen LogP contribution in [0.4, 0.5) is 13.2 Å². The highest BCUT2D eigenvalue weighted by atomic mass is 19.3. The fourth-order valence-electron chi connectivity index (χ4n) is 0.491. The summed E-state index contributed by atoms with van der Waals surface area (Å²) in [6.07, 6.45) is -1.57. The largest absolute Gasteiger partial charge is 0.257 e. The second kappa shape index (κ2) is 1.14. The van der Waals surface area contributed by atoms with E-state index in [1.165, 1.54) is 0 Å². The monoisotopic (exact) mass is 109 g/mol. The van der Waals surface area contributed by atoms with Crippen LogP contribution in [0.25, 0.3) is 0 Å². The molecule has 0 aliphatic heterocycles. The van der Waals surface area contributed by atoms with E-state index < -0.39 is 18.5 Å². The van der Waals surface area contributed by atoms with E-state index in [4.69, 9.17) is 0 Å². The van der Waals surface area contributed by atoms with Gasteiger partial charge in [-0.15, -0.1) is 0 Å². The van der Waals surface area contributed by atoms with E-state index in [1.807, 2.05) is 0 Å². The van der Waals surface area contributed by atoms with Crippen molar-refractivity contribution >= 4 is 0 Å². The molecular weight excluding hydrogens is 105 g/mol. The molecule has 41 valence electrons. The van der Waals surface area contributed by atoms with Crippen molar-refractivity contribution in [2.24, 2.45) is 0 Å². The van der Waals surface area contributed by atoms with Crippen molar-refractivity contribution in [2.75, 3.05) is 0 Å². The quantitative estimate of drug-likeness (QED) is 0.443. The van der Waals surface area contributed by atoms with Crippen LogP contribution >= 0.6 is 0 Å². The highest BCUT2D eigenvalue weighted by molar-refractivity contribution is 5.03. The molecule has 0 aromatic rings. The molecule has 1 atom stereocenters. The van der Waals surface area contributed by atoms with Crippen LogP contribution in [-0.4, -0.2) is 12.1 Å². The molecule has 1 radical (unpaired) electrons. The van der Waals surface area contributed by atoms with Crippen LogP contribution < -0.4 is 0 Å². The topological polar surface area (TPSA) is 0 Å². The van der Waals surface area contributed by atoms with E-state index in [-0.39, 0.29) is 0 Å². The third kappa shape index (κ3) is 0.868. The summed E-state index contributed by atoms with van der Waals surface area (Å²) in [6, 6.07) is 0. The maximum absolute atomic E-state index is 11.5. The highest BCUT2D eigenvalue weighted by Crippen LogP contribution is 2.37. The summed E-state index contributed by atoms with van der Waals surface area (Å²) in [6.45, 7) is 0. The maximum Gasteiger partial charge on any atom is 0.257 e. The average molecular weight is 109 g/mol. The molecule has 0 spiro atoms. The van der Waals surface area contributed by atoms with Crippen molar-refractivity contribution in [3.05, 3.63) is 6.42 Å². The van der Waals surface area contributed by atoms with Gasteiger partial charge in [-0.3, -0.25) is 0 Å². The lowest BCUT2D eigenvalue weighted by Crippen LogP contribution is -2.37. The van der Waals surface area contributed by atoms with Crippen LogP contribution in [0.15, 0.2) is 0 Å². The van der Waals surface area contributed by atoms with Crippen LogP contribution in [0.1, 0.15) is 6.42 Å². The highest BCUT2D eigenvalue weighted by Gasteiger charge is 2.46. The minimum Gasteiger partial charge on any atom is -0.247 e. The molecule has 7 heavy (non-hydrogen) atoms. The summed E-state index contributed by atoms with van der Waals surface area (Å²) < 4.78 is 34.5. The van der Waals surface area contributed by atoms with E-state index >= 15 is 0 Å². The van der Waals surface area contributed by atoms with Gasteiger partial charge >= 0.3 is 0 Å². The molecule has 1 saturated carbocycles. The lowest BCUT2D eigenvalue weighted by Gasteiger charge is -2.27. The van der Waals surface area contributed by atoms with Crippen molar-refractivity contribution in [1.29, 1.82) is 0 Å². The molecule has 1 unspecified atom stereocenters. The first-order valence-electron chi connectivity index (χ1n) is 1.98. The Labute approximate surface area is 39.3 Å². The first-order valence-corrected chi connectivity index (χ1v) is 1.98. The molecule has 0 N–H and O–H groups in total. The summed E-state index contributed by atoms with van der Waals surface area (Å²) in [7, 11) is 0. The standard InChI is InChI=1S/C4H4F3/c5-3-1-4(6,7)2-3/h1,3H,2H2. The Morgan fingerprint density at radius 1 is 1.57 bits per heavy atom. The maximum atomic E-state index is 11.5. The van der Waals surface area contributed by atoms with E-state index in [2.05, 4.69) is 0 Å². The second-order valence-corrected chi connectivity index (χ2v) is 1.65. The summed E-state index contributed by atoms with van der Waals surface area (Å²) in [5, 5.41) is 0. The molecule has 0 heterocycles. The predicted molar refractivity (Wildman–Crippen MR) is 18.8 cm³/mol. The van der Waals surface area contributed by atoms with Gasteiger partial charge in [-0.05, 0) is 0 Å². The zero-order valence-corrected chi connectivity index (χ0v) is 3.50. The minimum atomic E-state index is -2.81. The van der Waals surface area contributed by atoms with Gasteiger partial charge in [0.2, 0.25) is 0 Å². The Balaban J connectivity index is 2.29. The molecule has 0 saturated heterocycles. The fourth-order valence-corrected chi connectivity index (χ4v) is 0.491. The number of alkyl halides is 3. The number of halogens is 3. The van der Waals surface area contributed by atoms with E-state index in [0.717, 1.165) is 0 Å². The van der Waals surface area contributed by atoms with Crippen molar-refractivity contribution in [1.82, 2.24) is 0 Å². The summed E-state index contributed by atoms with van der Waals surface area (Å²) in [5.74, 6) is -2.81. The summed E-state index contributed by atoms with van der Waals surface area (Å²) in [5.41, 5.74) is 0. The van der Waals surface area contributed by atoms with Gasteiger partial charge in [0.1, 0.15) is 6.17 Å². The predicted octanol–water partition coefficient (Wildman–Crippen LogP) is 1.57. The molecule has 0 aromatic heterocycles. The molecule has 1 fully saturated rings. The van der Waals surface area contributed by atoms with Gasteiger partial charge in [-0.2, -0.15) is 0 Å². The lowest BCUT2D eigenvalue weighted by atomic mass is 9.93. The van der Waals surface area contributed by atoms with Gasteiger partial charge in [0.15, 0.2) is 0 Å². The average Bonchev–Trinajstić information content (AvgIpc) is 1.27. The number of hydrogen-bond acceptors (Lipinski definition) is 0. The Morgan fingerprint density at radius 3 is 2.00 bits per heavy atom. The number of hydrogen-bond donors (Lipinski definition) is 0. The molecule has 3 heteroatoms. The molecule has 0 bridgehead atoms. The Morgan fingerprint density at radius 2 is 2.00 bits per heavy atom. The van der Waals surface area contributed by atoms with Gasteiger partial charge in [0.05, 0.1) is 6.42 Å². The second-order valence-electron chi connectivity index (χ2n) is 1.65. The Bertz CT molecular complexity index is 71.0. The van der Waals surface area contributed by atoms with Crippen LogP contribution in [0.5, 0.6) is 0 Å². The molecular formula is C4H4F3. The Kier molecular flexibility index (Phi) is 0.805. The van der Waals surface area contributed by atoms with E-state index in [9.17, 15) is 13.2 Å². The molecule has 1 aliphatic carbocycles. The fraction of sp³-hybridized carbons (Fsp3) is 0.750. The Hall–Kier alpha value is -0.210. The van der Waals surface area contributed by atoms with Crippen LogP contribution in [0.2, 0.25) is 0 Å². The van der Waals surface area contributed by atoms with Gasteiger partial charge in [0.25, 0.3) is 5.92 Å². The lowest BCUT2D eigenvalue weighted by molar-refractivity contribution is -0.0584. The van der Waals surface area contributed by atoms with Gasteiger partial charge in [-0.1, -0.05) is 0 Å². The molecule has 1 rings (SSSR count). The molecule has 1 aliphatic rings. The smallest absolute Gasteiger partial charge is 0.247 e. The van der Waals surface area contributed by atoms with Gasteiger partial charge < -0.3 is 0 Å². The van der Waals surface area contributed by atoms with Gasteiger partial charge in [0, 0.05) is 6.42 Å². The minimum absolute atomic E-state index is 0.410. The van der Waals surface area contributed by atoms with Crippen molar-refractivity contribution in [2.45, 2.75) is 18.5 Å². The van der Waals surface area contributed by atoms with E-state index in [1.54, 1.807) is 0 Å². The SMILES string of the molecule is FC1[CH]C(F)(F)C1. The van der Waals surface area contributed by atoms with Crippen molar-refractivity contribution in [3.8, 4) is 0 Å². The first-order chi connectivity index (χ1) is 3.10. The van der Waals surface area contributed by atoms with E-state index in [0.29, 0.717) is 6.42 Å². The summed E-state index contributed by atoms with van der Waals surface area (Å²) in [4.78, 5) is 0. The van der Waals surface area contributed by atoms with Crippen molar-refractivity contribution < 1.29 is 13.2 Å². The normalized spacial score (nSPS) is 29.6. The third-order valence-electron chi connectivity index (χ3n) is 0.892. The first kappa shape index (κ1) is 4.94. The zero-order chi connectivity index (χ0) is 5.49. The zero-order valence-electron chi connectivity index (χ0n) is 3.50. The molecule has 0 nitrogen and oxygen atoms in total. The third-order valence-corrected chi connectivity index (χ3v) is 0.892. The van der Waals surface area contributed by atoms with Gasteiger partial charge in [-0.25, -0.2) is 13.2 Å². The van der Waals surface area contributed by atoms with Crippen molar-refractivity contribution in [3.63, 3.8) is 0 Å². The molecule has 0 aromatic carbocycles.